The predicted octanol–water partition coefficient (Wildman–Crippen LogP) is 0.189. The van der Waals surface area contributed by atoms with Gasteiger partial charge in [-0.1, -0.05) is 0 Å². The van der Waals surface area contributed by atoms with Crippen molar-refractivity contribution in [2.24, 2.45) is 13.0 Å². The zero-order chi connectivity index (χ0) is 14.3. The van der Waals surface area contributed by atoms with Crippen LogP contribution in [-0.2, 0) is 11.8 Å². The second kappa shape index (κ2) is 4.59. The first-order chi connectivity index (χ1) is 9.56. The fourth-order valence-electron chi connectivity index (χ4n) is 1.91. The number of nitrogens with one attached hydrogen (secondary N) is 1. The number of rotatable bonds is 3. The zero-order valence-electron chi connectivity index (χ0n) is 10.9. The van der Waals surface area contributed by atoms with Gasteiger partial charge < -0.3 is 4.74 Å². The Morgan fingerprint density at radius 1 is 1.50 bits per heavy atom. The van der Waals surface area contributed by atoms with Gasteiger partial charge in [0.15, 0.2) is 0 Å². The molecule has 0 aliphatic heterocycles. The highest BCUT2D eigenvalue weighted by atomic mass is 16.5. The molecule has 1 N–H and O–H groups in total. The first kappa shape index (κ1) is 12.6. The Balaban J connectivity index is 1.99. The van der Waals surface area contributed by atoms with E-state index in [1.54, 1.807) is 0 Å². The smallest absolute Gasteiger partial charge is 0.339 e. The highest BCUT2D eigenvalue weighted by molar-refractivity contribution is 5.92. The van der Waals surface area contributed by atoms with Gasteiger partial charge in [0.2, 0.25) is 0 Å². The van der Waals surface area contributed by atoms with Gasteiger partial charge in [0, 0.05) is 13.2 Å². The molecule has 0 aromatic carbocycles. The van der Waals surface area contributed by atoms with Crippen LogP contribution < -0.4 is 11.2 Å². The fraction of sp³-hybridized carbons (Fsp3) is 0.385. The molecule has 7 nitrogen and oxygen atoms in total. The van der Waals surface area contributed by atoms with Crippen LogP contribution in [0.2, 0.25) is 0 Å². The molecule has 2 heterocycles. The number of carbonyl (C=O) groups excluding carboxylic acids is 1. The van der Waals surface area contributed by atoms with Gasteiger partial charge in [-0.3, -0.25) is 14.3 Å². The summed E-state index contributed by atoms with van der Waals surface area (Å²) in [4.78, 5) is 41.2. The topological polar surface area (TPSA) is 94.1 Å². The van der Waals surface area contributed by atoms with Gasteiger partial charge in [0.05, 0.1) is 17.6 Å². The number of fused-ring (bicyclic) bond motifs is 1. The maximum atomic E-state index is 11.8. The number of hydrogen-bond acceptors (Lipinski definition) is 5. The third kappa shape index (κ3) is 2.22. The summed E-state index contributed by atoms with van der Waals surface area (Å²) in [7, 11) is 1.50. The van der Waals surface area contributed by atoms with E-state index in [2.05, 4.69) is 9.97 Å². The van der Waals surface area contributed by atoms with Gasteiger partial charge in [-0.2, -0.15) is 0 Å². The lowest BCUT2D eigenvalue weighted by Crippen LogP contribution is -2.29. The summed E-state index contributed by atoms with van der Waals surface area (Å²) in [5.41, 5.74) is -0.661. The van der Waals surface area contributed by atoms with Gasteiger partial charge >= 0.3 is 11.7 Å². The highest BCUT2D eigenvalue weighted by Crippen LogP contribution is 2.29. The molecule has 0 radical (unpaired) electrons. The third-order valence-corrected chi connectivity index (χ3v) is 3.34. The molecule has 20 heavy (non-hydrogen) atoms. The Hall–Kier alpha value is -2.44. The van der Waals surface area contributed by atoms with Crippen LogP contribution in [0.15, 0.2) is 21.9 Å². The molecule has 2 aromatic rings. The van der Waals surface area contributed by atoms with Crippen molar-refractivity contribution in [2.45, 2.75) is 12.8 Å². The maximum absolute atomic E-state index is 11.8. The van der Waals surface area contributed by atoms with Crippen molar-refractivity contribution in [3.05, 3.63) is 38.7 Å². The van der Waals surface area contributed by atoms with Gasteiger partial charge in [-0.15, -0.1) is 0 Å². The molecule has 0 bridgehead atoms. The molecule has 2 aromatic heterocycles. The van der Waals surface area contributed by atoms with E-state index in [1.165, 1.54) is 23.9 Å². The normalized spacial score (nSPS) is 14.4. The minimum atomic E-state index is -0.563. The standard InChI is InChI=1S/C13H13N3O4/c1-16-10-9(11(17)15-13(16)19)4-8(5-14-10)12(18)20-6-7-2-3-7/h4-5,7H,2-3,6H2,1H3,(H,15,17,19). The van der Waals surface area contributed by atoms with E-state index in [0.29, 0.717) is 12.5 Å². The molecule has 1 fully saturated rings. The van der Waals surface area contributed by atoms with E-state index >= 15 is 0 Å². The lowest BCUT2D eigenvalue weighted by Gasteiger charge is -2.06. The molecule has 0 unspecified atom stereocenters. The number of pyridine rings is 1. The van der Waals surface area contributed by atoms with E-state index in [0.717, 1.165) is 12.8 Å². The highest BCUT2D eigenvalue weighted by Gasteiger charge is 2.23. The van der Waals surface area contributed by atoms with Crippen molar-refractivity contribution < 1.29 is 9.53 Å². The van der Waals surface area contributed by atoms with Crippen molar-refractivity contribution in [1.82, 2.24) is 14.5 Å². The van der Waals surface area contributed by atoms with Gasteiger partial charge in [-0.05, 0) is 24.8 Å². The molecule has 0 spiro atoms. The Morgan fingerprint density at radius 2 is 2.25 bits per heavy atom. The fourth-order valence-corrected chi connectivity index (χ4v) is 1.91. The average Bonchev–Trinajstić information content (AvgIpc) is 3.26. The molecule has 0 saturated heterocycles. The summed E-state index contributed by atoms with van der Waals surface area (Å²) in [5.74, 6) is -0.0313. The second-order valence-electron chi connectivity index (χ2n) is 4.96. The molecule has 3 rings (SSSR count). The van der Waals surface area contributed by atoms with Crippen LogP contribution >= 0.6 is 0 Å². The molecule has 7 heteroatoms. The van der Waals surface area contributed by atoms with Crippen LogP contribution in [0.3, 0.4) is 0 Å². The minimum Gasteiger partial charge on any atom is -0.462 e. The Kier molecular flexibility index (Phi) is 2.89. The largest absolute Gasteiger partial charge is 0.462 e. The van der Waals surface area contributed by atoms with Crippen LogP contribution in [0.1, 0.15) is 23.2 Å². The number of hydrogen-bond donors (Lipinski definition) is 1. The molecular formula is C13H13N3O4. The first-order valence-electron chi connectivity index (χ1n) is 6.32. The number of aromatic amines is 1. The van der Waals surface area contributed by atoms with E-state index in [1.807, 2.05) is 0 Å². The second-order valence-corrected chi connectivity index (χ2v) is 4.96. The number of ether oxygens (including phenoxy) is 1. The summed E-state index contributed by atoms with van der Waals surface area (Å²) in [6, 6.07) is 1.40. The van der Waals surface area contributed by atoms with Crippen molar-refractivity contribution in [2.75, 3.05) is 6.61 Å². The molecule has 0 atom stereocenters. The van der Waals surface area contributed by atoms with Crippen LogP contribution in [-0.4, -0.2) is 27.1 Å². The number of nitrogens with zero attached hydrogens (tertiary/aromatic N) is 2. The van der Waals surface area contributed by atoms with Crippen molar-refractivity contribution in [3.8, 4) is 0 Å². The number of aryl methyl sites for hydroxylation is 1. The summed E-state index contributed by atoms with van der Waals surface area (Å²) in [6.45, 7) is 0.403. The van der Waals surface area contributed by atoms with Crippen LogP contribution in [0.4, 0.5) is 0 Å². The molecular weight excluding hydrogens is 262 g/mol. The Labute approximate surface area is 113 Å². The zero-order valence-corrected chi connectivity index (χ0v) is 10.9. The minimum absolute atomic E-state index is 0.188. The third-order valence-electron chi connectivity index (χ3n) is 3.34. The van der Waals surface area contributed by atoms with Crippen LogP contribution in [0.5, 0.6) is 0 Å². The van der Waals surface area contributed by atoms with E-state index in [9.17, 15) is 14.4 Å². The molecule has 0 amide bonds. The molecule has 1 saturated carbocycles. The number of H-pyrrole nitrogens is 1. The average molecular weight is 275 g/mol. The van der Waals surface area contributed by atoms with Crippen molar-refractivity contribution in [3.63, 3.8) is 0 Å². The maximum Gasteiger partial charge on any atom is 0.339 e. The predicted molar refractivity (Wildman–Crippen MR) is 70.6 cm³/mol. The quantitative estimate of drug-likeness (QED) is 0.807. The van der Waals surface area contributed by atoms with Crippen molar-refractivity contribution in [1.29, 1.82) is 0 Å². The van der Waals surface area contributed by atoms with Gasteiger partial charge in [0.25, 0.3) is 5.56 Å². The summed E-state index contributed by atoms with van der Waals surface area (Å²) >= 11 is 0. The summed E-state index contributed by atoms with van der Waals surface area (Å²) < 4.78 is 6.35. The number of carbonyl (C=O) groups is 1. The Bertz CT molecular complexity index is 801. The lowest BCUT2D eigenvalue weighted by molar-refractivity contribution is 0.0486. The first-order valence-corrected chi connectivity index (χ1v) is 6.32. The monoisotopic (exact) mass is 275 g/mol. The van der Waals surface area contributed by atoms with E-state index in [-0.39, 0.29) is 16.6 Å². The SMILES string of the molecule is Cn1c(=O)[nH]c(=O)c2cc(C(=O)OCC3CC3)cnc21. The lowest BCUT2D eigenvalue weighted by atomic mass is 10.2. The molecule has 104 valence electrons. The molecule has 1 aliphatic carbocycles. The van der Waals surface area contributed by atoms with Gasteiger partial charge in [0.1, 0.15) is 5.65 Å². The van der Waals surface area contributed by atoms with E-state index in [4.69, 9.17) is 4.74 Å². The van der Waals surface area contributed by atoms with E-state index < -0.39 is 17.2 Å². The van der Waals surface area contributed by atoms with Gasteiger partial charge in [-0.25, -0.2) is 14.6 Å². The number of aromatic nitrogens is 3. The number of esters is 1. The molecule has 1 aliphatic rings. The van der Waals surface area contributed by atoms with Crippen LogP contribution in [0, 0.1) is 5.92 Å². The summed E-state index contributed by atoms with van der Waals surface area (Å²) in [5, 5.41) is 0.188. The van der Waals surface area contributed by atoms with Crippen molar-refractivity contribution >= 4 is 17.0 Å². The van der Waals surface area contributed by atoms with Crippen LogP contribution in [0.25, 0.3) is 11.0 Å². The summed E-state index contributed by atoms with van der Waals surface area (Å²) in [6.07, 6.45) is 3.49. The Morgan fingerprint density at radius 3 is 2.95 bits per heavy atom.